The molecule has 0 rings (SSSR count). The van der Waals surface area contributed by atoms with Crippen LogP contribution in [0.2, 0.25) is 0 Å². The molecular formula is C9H5F15O2. The Kier molecular flexibility index (Phi) is 6.21. The maximum absolute atomic E-state index is 13.5. The highest BCUT2D eigenvalue weighted by atomic mass is 19.4. The van der Waals surface area contributed by atoms with Gasteiger partial charge in [-0.25, -0.2) is 4.39 Å². The zero-order chi connectivity index (χ0) is 21.6. The molecule has 2 nitrogen and oxygen atoms in total. The van der Waals surface area contributed by atoms with E-state index in [1.807, 2.05) is 0 Å². The van der Waals surface area contributed by atoms with Gasteiger partial charge in [0.25, 0.3) is 5.67 Å². The van der Waals surface area contributed by atoms with E-state index in [0.29, 0.717) is 0 Å². The van der Waals surface area contributed by atoms with E-state index >= 15 is 0 Å². The Morgan fingerprint density at radius 3 is 1.23 bits per heavy atom. The molecule has 0 heterocycles. The Morgan fingerprint density at radius 2 is 0.962 bits per heavy atom. The van der Waals surface area contributed by atoms with Gasteiger partial charge in [0.15, 0.2) is 0 Å². The zero-order valence-corrected chi connectivity index (χ0v) is 11.7. The molecule has 0 aliphatic rings. The van der Waals surface area contributed by atoms with E-state index in [-0.39, 0.29) is 0 Å². The van der Waals surface area contributed by atoms with Gasteiger partial charge in [0, 0.05) is 0 Å². The summed E-state index contributed by atoms with van der Waals surface area (Å²) >= 11 is 0. The van der Waals surface area contributed by atoms with Crippen LogP contribution >= 0.6 is 0 Å². The molecule has 0 aliphatic carbocycles. The van der Waals surface area contributed by atoms with Crippen LogP contribution in [0, 0.1) is 0 Å². The standard InChI is InChI=1S/C9H5F15O2/c1-3(10,6(15,16)17)8(21,22)26-5(14,7(18,19)20)9(23,24)25-2-4(11,12)13/h2H2,1H3. The SMILES string of the molecule is CC(F)(C(F)(F)F)C(F)(F)OC(F)(C(F)(F)F)C(F)(F)OCC(F)(F)F. The average molecular weight is 430 g/mol. The van der Waals surface area contributed by atoms with Crippen molar-refractivity contribution >= 4 is 0 Å². The molecule has 0 aromatic heterocycles. The highest BCUT2D eigenvalue weighted by molar-refractivity contribution is 4.96. The molecule has 0 N–H and O–H groups in total. The summed E-state index contributed by atoms with van der Waals surface area (Å²) < 4.78 is 191. The maximum atomic E-state index is 13.5. The van der Waals surface area contributed by atoms with Crippen molar-refractivity contribution in [1.82, 2.24) is 0 Å². The van der Waals surface area contributed by atoms with Crippen molar-refractivity contribution in [2.24, 2.45) is 0 Å². The van der Waals surface area contributed by atoms with Gasteiger partial charge in [-0.3, -0.25) is 4.74 Å². The quantitative estimate of drug-likeness (QED) is 0.534. The summed E-state index contributed by atoms with van der Waals surface area (Å²) in [5.74, 6) is -7.28. The van der Waals surface area contributed by atoms with Crippen molar-refractivity contribution < 1.29 is 75.3 Å². The van der Waals surface area contributed by atoms with E-state index in [4.69, 9.17) is 0 Å². The summed E-state index contributed by atoms with van der Waals surface area (Å²) in [6, 6.07) is 0. The fourth-order valence-electron chi connectivity index (χ4n) is 0.985. The minimum Gasteiger partial charge on any atom is -0.306 e. The highest BCUT2D eigenvalue weighted by Gasteiger charge is 2.81. The lowest BCUT2D eigenvalue weighted by atomic mass is 10.1. The topological polar surface area (TPSA) is 18.5 Å². The minimum absolute atomic E-state index is 1.18. The van der Waals surface area contributed by atoms with Crippen LogP contribution in [0.3, 0.4) is 0 Å². The third kappa shape index (κ3) is 4.77. The molecule has 158 valence electrons. The van der Waals surface area contributed by atoms with E-state index in [2.05, 4.69) is 4.74 Å². The Balaban J connectivity index is 6.06. The Hall–Kier alpha value is -1.13. The first-order chi connectivity index (χ1) is 10.9. The van der Waals surface area contributed by atoms with Gasteiger partial charge in [0.1, 0.15) is 6.61 Å². The van der Waals surface area contributed by atoms with Gasteiger partial charge in [-0.05, 0) is 6.92 Å². The molecule has 0 amide bonds. The average Bonchev–Trinajstić information content (AvgIpc) is 2.32. The first-order valence-corrected chi connectivity index (χ1v) is 5.59. The monoisotopic (exact) mass is 430 g/mol. The molecule has 0 fully saturated rings. The van der Waals surface area contributed by atoms with Crippen LogP contribution in [0.15, 0.2) is 0 Å². The molecule has 0 bridgehead atoms. The van der Waals surface area contributed by atoms with E-state index in [1.54, 1.807) is 4.74 Å². The first kappa shape index (κ1) is 24.9. The lowest BCUT2D eigenvalue weighted by molar-refractivity contribution is -0.523. The van der Waals surface area contributed by atoms with Crippen molar-refractivity contribution in [1.29, 1.82) is 0 Å². The van der Waals surface area contributed by atoms with Gasteiger partial charge in [-0.2, -0.15) is 61.5 Å². The summed E-state index contributed by atoms with van der Waals surface area (Å²) in [5.41, 5.74) is -6.15. The van der Waals surface area contributed by atoms with Crippen molar-refractivity contribution in [3.8, 4) is 0 Å². The minimum atomic E-state index is -7.38. The largest absolute Gasteiger partial charge is 0.458 e. The molecule has 2 atom stereocenters. The lowest BCUT2D eigenvalue weighted by Crippen LogP contribution is -2.66. The predicted octanol–water partition coefficient (Wildman–Crippen LogP) is 5.29. The van der Waals surface area contributed by atoms with E-state index in [1.165, 1.54) is 0 Å². The Morgan fingerprint density at radius 1 is 0.577 bits per heavy atom. The van der Waals surface area contributed by atoms with Gasteiger partial charge in [0.2, 0.25) is 0 Å². The third-order valence-electron chi connectivity index (χ3n) is 2.50. The number of halogens is 15. The first-order valence-electron chi connectivity index (χ1n) is 5.59. The van der Waals surface area contributed by atoms with Crippen LogP contribution < -0.4 is 0 Å². The lowest BCUT2D eigenvalue weighted by Gasteiger charge is -2.39. The van der Waals surface area contributed by atoms with Gasteiger partial charge in [-0.1, -0.05) is 0 Å². The van der Waals surface area contributed by atoms with Gasteiger partial charge < -0.3 is 4.74 Å². The third-order valence-corrected chi connectivity index (χ3v) is 2.50. The predicted molar refractivity (Wildman–Crippen MR) is 48.4 cm³/mol. The molecule has 2 unspecified atom stereocenters. The number of rotatable bonds is 6. The van der Waals surface area contributed by atoms with Crippen LogP contribution in [0.1, 0.15) is 6.92 Å². The van der Waals surface area contributed by atoms with Gasteiger partial charge in [-0.15, -0.1) is 0 Å². The molecular weight excluding hydrogens is 425 g/mol. The normalized spacial score (nSPS) is 19.8. The second-order valence-electron chi connectivity index (χ2n) is 4.63. The number of ether oxygens (including phenoxy) is 2. The molecule has 0 saturated heterocycles. The van der Waals surface area contributed by atoms with Crippen molar-refractivity contribution in [2.45, 2.75) is 49.2 Å². The smallest absolute Gasteiger partial charge is 0.306 e. The van der Waals surface area contributed by atoms with Crippen molar-refractivity contribution in [3.63, 3.8) is 0 Å². The number of hydrogen-bond donors (Lipinski definition) is 0. The van der Waals surface area contributed by atoms with Gasteiger partial charge in [0.05, 0.1) is 0 Å². The van der Waals surface area contributed by atoms with Crippen LogP contribution in [-0.2, 0) is 9.47 Å². The fourth-order valence-corrected chi connectivity index (χ4v) is 0.985. The van der Waals surface area contributed by atoms with E-state index in [9.17, 15) is 65.9 Å². The van der Waals surface area contributed by atoms with Crippen LogP contribution in [-0.4, -0.2) is 48.9 Å². The summed E-state index contributed by atoms with van der Waals surface area (Å²) in [4.78, 5) is 0. The Bertz CT molecular complexity index is 487. The molecule has 0 spiro atoms. The zero-order valence-electron chi connectivity index (χ0n) is 11.7. The van der Waals surface area contributed by atoms with E-state index in [0.717, 1.165) is 0 Å². The number of alkyl halides is 15. The summed E-state index contributed by atoms with van der Waals surface area (Å²) in [6.07, 6.45) is -33.9. The Labute approximate surface area is 132 Å². The summed E-state index contributed by atoms with van der Waals surface area (Å²) in [5, 5.41) is 0. The van der Waals surface area contributed by atoms with Crippen molar-refractivity contribution in [2.75, 3.05) is 6.61 Å². The second kappa shape index (κ2) is 6.49. The maximum Gasteiger partial charge on any atom is 0.458 e. The molecule has 0 aromatic carbocycles. The highest BCUT2D eigenvalue weighted by Crippen LogP contribution is 2.54. The number of hydrogen-bond acceptors (Lipinski definition) is 2. The second-order valence-corrected chi connectivity index (χ2v) is 4.63. The fraction of sp³-hybridized carbons (Fsp3) is 1.00. The van der Waals surface area contributed by atoms with Crippen LogP contribution in [0.25, 0.3) is 0 Å². The molecule has 0 radical (unpaired) electrons. The van der Waals surface area contributed by atoms with E-state index < -0.39 is 55.8 Å². The summed E-state index contributed by atoms with van der Waals surface area (Å²) in [6.45, 7) is -4.53. The summed E-state index contributed by atoms with van der Waals surface area (Å²) in [7, 11) is 0. The molecule has 0 saturated carbocycles. The van der Waals surface area contributed by atoms with Crippen molar-refractivity contribution in [3.05, 3.63) is 0 Å². The van der Waals surface area contributed by atoms with Crippen LogP contribution in [0.5, 0.6) is 0 Å². The molecule has 0 aliphatic heterocycles. The van der Waals surface area contributed by atoms with Gasteiger partial charge >= 0.3 is 36.6 Å². The molecule has 26 heavy (non-hydrogen) atoms. The molecule has 0 aromatic rings. The van der Waals surface area contributed by atoms with Crippen LogP contribution in [0.4, 0.5) is 65.9 Å². The molecule has 17 heteroatoms.